The van der Waals surface area contributed by atoms with Crippen molar-refractivity contribution in [3.63, 3.8) is 0 Å². The van der Waals surface area contributed by atoms with Gasteiger partial charge in [-0.2, -0.15) is 0 Å². The number of methoxy groups -OCH3 is 1. The summed E-state index contributed by atoms with van der Waals surface area (Å²) in [5.74, 6) is -1.11. The number of nitrogens with two attached hydrogens (primary N) is 3. The van der Waals surface area contributed by atoms with Crippen LogP contribution >= 0.6 is 0 Å². The van der Waals surface area contributed by atoms with Gasteiger partial charge in [-0.1, -0.05) is 30.3 Å². The Morgan fingerprint density at radius 2 is 1.59 bits per heavy atom. The fourth-order valence-corrected chi connectivity index (χ4v) is 3.10. The first-order valence-corrected chi connectivity index (χ1v) is 10.4. The molecule has 0 heterocycles. The lowest BCUT2D eigenvalue weighted by atomic mass is 10.0. The fraction of sp³-hybridized carbons (Fsp3) is 0.304. The molecule has 10 nitrogen and oxygen atoms in total. The molecule has 0 saturated heterocycles. The quantitative estimate of drug-likeness (QED) is 0.121. The summed E-state index contributed by atoms with van der Waals surface area (Å²) in [7, 11) is 1.52. The van der Waals surface area contributed by atoms with E-state index in [4.69, 9.17) is 21.9 Å². The Kier molecular flexibility index (Phi) is 11.9. The lowest BCUT2D eigenvalue weighted by molar-refractivity contribution is -0.128. The summed E-state index contributed by atoms with van der Waals surface area (Å²) >= 11 is 0. The molecule has 34 heavy (non-hydrogen) atoms. The first kappa shape index (κ1) is 28.2. The van der Waals surface area contributed by atoms with Crippen LogP contribution in [0.2, 0.25) is 0 Å². The van der Waals surface area contributed by atoms with Crippen molar-refractivity contribution in [2.75, 3.05) is 13.7 Å². The number of aliphatic imine (C=N–C) groups is 1. The molecule has 0 unspecified atom stereocenters. The maximum atomic E-state index is 13.0. The summed E-state index contributed by atoms with van der Waals surface area (Å²) in [5.41, 5.74) is 17.4. The molecule has 0 aromatic heterocycles. The van der Waals surface area contributed by atoms with E-state index in [1.54, 1.807) is 24.3 Å². The zero-order valence-electron chi connectivity index (χ0n) is 18.9. The molecule has 0 bridgehead atoms. The van der Waals surface area contributed by atoms with Gasteiger partial charge in [-0.15, -0.1) is 0 Å². The van der Waals surface area contributed by atoms with Gasteiger partial charge in [0.25, 0.3) is 5.91 Å². The number of benzene rings is 2. The highest BCUT2D eigenvalue weighted by molar-refractivity contribution is 5.98. The Bertz CT molecular complexity index is 965. The van der Waals surface area contributed by atoms with Gasteiger partial charge >= 0.3 is 0 Å². The number of guanidine groups is 1. The molecule has 0 aliphatic rings. The molecule has 184 valence electrons. The van der Waals surface area contributed by atoms with Crippen molar-refractivity contribution >= 4 is 23.7 Å². The maximum Gasteiger partial charge on any atom is 0.251 e. The number of carbonyl (C=O) groups is 3. The minimum Gasteiger partial charge on any atom is -1.00 e. The van der Waals surface area contributed by atoms with Crippen molar-refractivity contribution in [1.29, 1.82) is 0 Å². The van der Waals surface area contributed by atoms with Crippen LogP contribution in [0.4, 0.5) is 0 Å². The molecule has 0 radical (unpaired) electrons. The van der Waals surface area contributed by atoms with Gasteiger partial charge in [0.05, 0.1) is 7.11 Å². The van der Waals surface area contributed by atoms with Crippen LogP contribution in [-0.4, -0.2) is 49.4 Å². The number of amides is 3. The summed E-state index contributed by atoms with van der Waals surface area (Å²) in [6, 6.07) is 13.8. The van der Waals surface area contributed by atoms with Crippen LogP contribution in [0.15, 0.2) is 59.6 Å². The highest BCUT2D eigenvalue weighted by atomic mass is 35.5. The largest absolute Gasteiger partial charge is 1.00 e. The van der Waals surface area contributed by atoms with E-state index in [9.17, 15) is 14.4 Å². The van der Waals surface area contributed by atoms with Gasteiger partial charge in [0.1, 0.15) is 17.8 Å². The minimum absolute atomic E-state index is 0. The summed E-state index contributed by atoms with van der Waals surface area (Å²) in [5, 5.41) is 5.37. The first-order valence-electron chi connectivity index (χ1n) is 10.4. The monoisotopic (exact) mass is 489 g/mol. The third-order valence-electron chi connectivity index (χ3n) is 4.86. The molecular weight excluding hydrogens is 460 g/mol. The number of halogens is 1. The van der Waals surface area contributed by atoms with E-state index >= 15 is 0 Å². The number of hydrogen-bond donors (Lipinski definition) is 5. The van der Waals surface area contributed by atoms with Gasteiger partial charge < -0.3 is 45.0 Å². The lowest BCUT2D eigenvalue weighted by Gasteiger charge is -2.22. The Morgan fingerprint density at radius 3 is 2.15 bits per heavy atom. The molecule has 0 spiro atoms. The zero-order valence-corrected chi connectivity index (χ0v) is 19.6. The normalized spacial score (nSPS) is 11.8. The van der Waals surface area contributed by atoms with E-state index in [2.05, 4.69) is 15.6 Å². The standard InChI is InChI=1S/C23H30N6O4.ClH/c1-33-17-11-9-16(10-12-17)21(31)28-18(8-5-13-27-23(25)26)22(32)29-19(20(24)30)14-15-6-3-2-4-7-15;/h2-4,6-7,9-12,18-19H,5,8,13-14H2,1H3,(H2,24,30)(H,28,31)(H,29,32)(H4,25,26,27);1H/p-1/t18-,19-;/m0./s1. The second-order valence-electron chi connectivity index (χ2n) is 7.36. The van der Waals surface area contributed by atoms with E-state index in [0.717, 1.165) is 5.56 Å². The molecule has 2 aromatic rings. The Hall–Kier alpha value is -3.79. The van der Waals surface area contributed by atoms with E-state index in [1.165, 1.54) is 7.11 Å². The molecule has 2 rings (SSSR count). The molecule has 3 amide bonds. The predicted molar refractivity (Wildman–Crippen MR) is 125 cm³/mol. The maximum absolute atomic E-state index is 13.0. The van der Waals surface area contributed by atoms with Crippen LogP contribution in [-0.2, 0) is 16.0 Å². The molecular formula is C23H30ClN6O4-. The molecule has 2 atom stereocenters. The van der Waals surface area contributed by atoms with Crippen molar-refractivity contribution in [1.82, 2.24) is 10.6 Å². The molecule has 0 saturated carbocycles. The fourth-order valence-electron chi connectivity index (χ4n) is 3.10. The molecule has 2 aromatic carbocycles. The third kappa shape index (κ3) is 9.37. The molecule has 8 N–H and O–H groups in total. The molecule has 11 heteroatoms. The minimum atomic E-state index is -0.932. The van der Waals surface area contributed by atoms with Crippen molar-refractivity contribution < 1.29 is 31.5 Å². The Balaban J connectivity index is 0.00000578. The SMILES string of the molecule is COc1ccc(C(=O)N[C@@H](CCCN=C(N)N)C(=O)N[C@@H](Cc2ccccc2)C(N)=O)cc1.[Cl-]. The Morgan fingerprint density at radius 1 is 0.941 bits per heavy atom. The smallest absolute Gasteiger partial charge is 0.251 e. The third-order valence-corrected chi connectivity index (χ3v) is 4.86. The zero-order chi connectivity index (χ0) is 24.2. The number of carbonyl (C=O) groups excluding carboxylic acids is 3. The van der Waals surface area contributed by atoms with E-state index in [1.807, 2.05) is 30.3 Å². The van der Waals surface area contributed by atoms with Crippen LogP contribution in [0.5, 0.6) is 5.75 Å². The van der Waals surface area contributed by atoms with Gasteiger partial charge in [0.2, 0.25) is 11.8 Å². The van der Waals surface area contributed by atoms with Crippen LogP contribution < -0.4 is 45.0 Å². The number of rotatable bonds is 12. The number of hydrogen-bond acceptors (Lipinski definition) is 5. The molecule has 0 fully saturated rings. The second-order valence-corrected chi connectivity index (χ2v) is 7.36. The number of primary amides is 1. The van der Waals surface area contributed by atoms with E-state index < -0.39 is 29.8 Å². The average molecular weight is 490 g/mol. The van der Waals surface area contributed by atoms with Crippen LogP contribution in [0.25, 0.3) is 0 Å². The highest BCUT2D eigenvalue weighted by Gasteiger charge is 2.26. The number of nitrogens with one attached hydrogen (secondary N) is 2. The number of ether oxygens (including phenoxy) is 1. The van der Waals surface area contributed by atoms with E-state index in [-0.39, 0.29) is 37.8 Å². The topological polar surface area (TPSA) is 175 Å². The van der Waals surface area contributed by atoms with Crippen molar-refractivity contribution in [3.8, 4) is 5.75 Å². The van der Waals surface area contributed by atoms with Gasteiger partial charge in [0.15, 0.2) is 5.96 Å². The predicted octanol–water partition coefficient (Wildman–Crippen LogP) is -2.94. The Labute approximate surface area is 204 Å². The summed E-state index contributed by atoms with van der Waals surface area (Å²) in [4.78, 5) is 41.6. The van der Waals surface area contributed by atoms with Gasteiger partial charge in [-0.05, 0) is 42.7 Å². The van der Waals surface area contributed by atoms with E-state index in [0.29, 0.717) is 17.7 Å². The second kappa shape index (κ2) is 14.4. The van der Waals surface area contributed by atoms with Gasteiger partial charge in [-0.3, -0.25) is 19.4 Å². The molecule has 0 aliphatic carbocycles. The first-order chi connectivity index (χ1) is 15.8. The summed E-state index contributed by atoms with van der Waals surface area (Å²) < 4.78 is 5.10. The van der Waals surface area contributed by atoms with Crippen LogP contribution in [0, 0.1) is 0 Å². The summed E-state index contributed by atoms with van der Waals surface area (Å²) in [6.45, 7) is 0.285. The van der Waals surface area contributed by atoms with Gasteiger partial charge in [-0.25, -0.2) is 0 Å². The molecule has 0 aliphatic heterocycles. The lowest BCUT2D eigenvalue weighted by Crippen LogP contribution is -3.00. The average Bonchev–Trinajstić information content (AvgIpc) is 2.80. The highest BCUT2D eigenvalue weighted by Crippen LogP contribution is 2.12. The van der Waals surface area contributed by atoms with Crippen molar-refractivity contribution in [2.24, 2.45) is 22.2 Å². The number of nitrogens with zero attached hydrogens (tertiary/aromatic N) is 1. The summed E-state index contributed by atoms with van der Waals surface area (Å²) in [6.07, 6.45) is 0.912. The van der Waals surface area contributed by atoms with Gasteiger partial charge in [0, 0.05) is 18.5 Å². The van der Waals surface area contributed by atoms with Crippen LogP contribution in [0.3, 0.4) is 0 Å². The van der Waals surface area contributed by atoms with Crippen molar-refractivity contribution in [3.05, 3.63) is 65.7 Å². The van der Waals surface area contributed by atoms with Crippen LogP contribution in [0.1, 0.15) is 28.8 Å². The van der Waals surface area contributed by atoms with Crippen molar-refractivity contribution in [2.45, 2.75) is 31.3 Å².